The van der Waals surface area contributed by atoms with Gasteiger partial charge in [-0.3, -0.25) is 4.79 Å². The van der Waals surface area contributed by atoms with Crippen molar-refractivity contribution in [3.63, 3.8) is 0 Å². The van der Waals surface area contributed by atoms with E-state index in [0.717, 1.165) is 12.8 Å². The van der Waals surface area contributed by atoms with E-state index in [9.17, 15) is 13.2 Å². The normalized spacial score (nSPS) is 20.3. The molecule has 0 bridgehead atoms. The van der Waals surface area contributed by atoms with E-state index in [1.165, 1.54) is 41.8 Å². The molecule has 1 amide bonds. The van der Waals surface area contributed by atoms with Crippen molar-refractivity contribution in [2.24, 2.45) is 5.92 Å². The lowest BCUT2D eigenvalue weighted by atomic mass is 9.86. The molecular formula is C18H24Cl2N2O3S. The molecule has 0 spiro atoms. The summed E-state index contributed by atoms with van der Waals surface area (Å²) in [5, 5.41) is 0.540. The van der Waals surface area contributed by atoms with E-state index < -0.39 is 10.0 Å². The van der Waals surface area contributed by atoms with Gasteiger partial charge in [0.2, 0.25) is 15.9 Å². The first-order chi connectivity index (χ1) is 12.4. The second kappa shape index (κ2) is 8.46. The summed E-state index contributed by atoms with van der Waals surface area (Å²) in [7, 11) is -3.63. The molecule has 1 aliphatic carbocycles. The van der Waals surface area contributed by atoms with E-state index >= 15 is 0 Å². The number of carbonyl (C=O) groups excluding carboxylic acids is 1. The molecule has 0 unspecified atom stereocenters. The first-order valence-electron chi connectivity index (χ1n) is 9.11. The molecule has 5 nitrogen and oxygen atoms in total. The van der Waals surface area contributed by atoms with E-state index in [4.69, 9.17) is 23.2 Å². The molecule has 1 saturated carbocycles. The van der Waals surface area contributed by atoms with Crippen molar-refractivity contribution < 1.29 is 13.2 Å². The van der Waals surface area contributed by atoms with Crippen LogP contribution in [-0.2, 0) is 14.8 Å². The van der Waals surface area contributed by atoms with Gasteiger partial charge in [-0.2, -0.15) is 4.31 Å². The van der Waals surface area contributed by atoms with E-state index in [-0.39, 0.29) is 15.8 Å². The summed E-state index contributed by atoms with van der Waals surface area (Å²) in [6, 6.07) is 4.32. The Morgan fingerprint density at radius 2 is 1.65 bits per heavy atom. The summed E-state index contributed by atoms with van der Waals surface area (Å²) in [5.74, 6) is 0.651. The maximum Gasteiger partial charge on any atom is 0.243 e. The molecule has 1 aromatic carbocycles. The molecular weight excluding hydrogens is 395 g/mol. The molecule has 0 atom stereocenters. The lowest BCUT2D eigenvalue weighted by Gasteiger charge is -2.35. The van der Waals surface area contributed by atoms with Crippen molar-refractivity contribution in [1.82, 2.24) is 9.21 Å². The van der Waals surface area contributed by atoms with Gasteiger partial charge >= 0.3 is 0 Å². The predicted molar refractivity (Wildman–Crippen MR) is 103 cm³/mol. The van der Waals surface area contributed by atoms with Crippen LogP contribution in [0.15, 0.2) is 23.1 Å². The van der Waals surface area contributed by atoms with E-state index in [1.54, 1.807) is 4.90 Å². The number of piperazine rings is 1. The maximum atomic E-state index is 12.8. The minimum atomic E-state index is -3.63. The summed E-state index contributed by atoms with van der Waals surface area (Å²) in [4.78, 5) is 14.4. The van der Waals surface area contributed by atoms with Gasteiger partial charge in [-0.1, -0.05) is 42.5 Å². The lowest BCUT2D eigenvalue weighted by Crippen LogP contribution is -2.50. The summed E-state index contributed by atoms with van der Waals surface area (Å²) in [6.45, 7) is 1.48. The summed E-state index contributed by atoms with van der Waals surface area (Å²) in [5.41, 5.74) is 0. The van der Waals surface area contributed by atoms with Crippen LogP contribution in [-0.4, -0.2) is 49.7 Å². The fourth-order valence-corrected chi connectivity index (χ4v) is 5.54. The number of nitrogens with zero attached hydrogens (tertiary/aromatic N) is 2. The van der Waals surface area contributed by atoms with Gasteiger partial charge in [-0.05, 0) is 37.0 Å². The van der Waals surface area contributed by atoms with Gasteiger partial charge in [0.1, 0.15) is 0 Å². The molecule has 1 heterocycles. The summed E-state index contributed by atoms with van der Waals surface area (Å²) in [6.07, 6.45) is 6.57. The van der Waals surface area contributed by atoms with Gasteiger partial charge < -0.3 is 4.90 Å². The van der Waals surface area contributed by atoms with Crippen LogP contribution in [0.25, 0.3) is 0 Å². The van der Waals surface area contributed by atoms with Crippen LogP contribution < -0.4 is 0 Å². The summed E-state index contributed by atoms with van der Waals surface area (Å²) >= 11 is 11.8. The van der Waals surface area contributed by atoms with Crippen LogP contribution in [0.3, 0.4) is 0 Å². The minimum Gasteiger partial charge on any atom is -0.340 e. The van der Waals surface area contributed by atoms with Gasteiger partial charge in [0, 0.05) is 32.6 Å². The number of sulfonamides is 1. The first-order valence-corrected chi connectivity index (χ1v) is 11.3. The molecule has 8 heteroatoms. The van der Waals surface area contributed by atoms with Crippen molar-refractivity contribution in [1.29, 1.82) is 0 Å². The highest BCUT2D eigenvalue weighted by molar-refractivity contribution is 7.89. The fraction of sp³-hybridized carbons (Fsp3) is 0.611. The molecule has 0 aromatic heterocycles. The molecule has 1 aromatic rings. The molecule has 2 aliphatic rings. The van der Waals surface area contributed by atoms with Crippen LogP contribution in [0.2, 0.25) is 10.0 Å². The molecule has 0 radical (unpaired) electrons. The fourth-order valence-electron chi connectivity index (χ4n) is 3.73. The van der Waals surface area contributed by atoms with Crippen molar-refractivity contribution in [2.75, 3.05) is 26.2 Å². The average Bonchev–Trinajstić information content (AvgIpc) is 2.65. The van der Waals surface area contributed by atoms with Crippen LogP contribution in [0.5, 0.6) is 0 Å². The van der Waals surface area contributed by atoms with Crippen LogP contribution in [0.4, 0.5) is 0 Å². The van der Waals surface area contributed by atoms with Gasteiger partial charge in [-0.15, -0.1) is 0 Å². The highest BCUT2D eigenvalue weighted by Gasteiger charge is 2.31. The number of hydrogen-bond acceptors (Lipinski definition) is 3. The standard InChI is InChI=1S/C18H24Cl2N2O3S/c19-16-7-6-15(13-17(16)20)26(24,25)22-10-8-21(9-11-22)18(23)12-14-4-2-1-3-5-14/h6-7,13-14H,1-5,8-12H2. The highest BCUT2D eigenvalue weighted by atomic mass is 35.5. The SMILES string of the molecule is O=C(CC1CCCCC1)N1CCN(S(=O)(=O)c2ccc(Cl)c(Cl)c2)CC1. The van der Waals surface area contributed by atoms with Crippen LogP contribution in [0.1, 0.15) is 38.5 Å². The van der Waals surface area contributed by atoms with E-state index in [1.807, 2.05) is 0 Å². The van der Waals surface area contributed by atoms with E-state index in [2.05, 4.69) is 0 Å². The third kappa shape index (κ3) is 4.53. The molecule has 3 rings (SSSR count). The average molecular weight is 419 g/mol. The van der Waals surface area contributed by atoms with Gasteiger partial charge in [-0.25, -0.2) is 8.42 Å². The van der Waals surface area contributed by atoms with Crippen LogP contribution >= 0.6 is 23.2 Å². The Balaban J connectivity index is 1.58. The predicted octanol–water partition coefficient (Wildman–Crippen LogP) is 3.80. The van der Waals surface area contributed by atoms with Gasteiger partial charge in [0.25, 0.3) is 0 Å². The van der Waals surface area contributed by atoms with Gasteiger partial charge in [0.05, 0.1) is 14.9 Å². The molecule has 1 saturated heterocycles. The first kappa shape index (κ1) is 19.9. The van der Waals surface area contributed by atoms with Crippen molar-refractivity contribution >= 4 is 39.1 Å². The number of carbonyl (C=O) groups is 1. The number of rotatable bonds is 4. The third-order valence-corrected chi connectivity index (χ3v) is 7.94. The Bertz CT molecular complexity index is 756. The Morgan fingerprint density at radius 1 is 1.00 bits per heavy atom. The minimum absolute atomic E-state index is 0.133. The van der Waals surface area contributed by atoms with Crippen molar-refractivity contribution in [3.8, 4) is 0 Å². The Labute approximate surface area is 165 Å². The number of amides is 1. The molecule has 1 aliphatic heterocycles. The van der Waals surface area contributed by atoms with Gasteiger partial charge in [0.15, 0.2) is 0 Å². The second-order valence-electron chi connectivity index (χ2n) is 7.07. The summed E-state index contributed by atoms with van der Waals surface area (Å²) < 4.78 is 26.9. The highest BCUT2D eigenvalue weighted by Crippen LogP contribution is 2.28. The topological polar surface area (TPSA) is 57.7 Å². The third-order valence-electron chi connectivity index (χ3n) is 5.31. The quantitative estimate of drug-likeness (QED) is 0.746. The van der Waals surface area contributed by atoms with Crippen molar-refractivity contribution in [2.45, 2.75) is 43.4 Å². The zero-order valence-electron chi connectivity index (χ0n) is 14.7. The maximum absolute atomic E-state index is 12.8. The molecule has 144 valence electrons. The number of hydrogen-bond donors (Lipinski definition) is 0. The number of halogens is 2. The largest absolute Gasteiger partial charge is 0.340 e. The zero-order valence-corrected chi connectivity index (χ0v) is 17.0. The second-order valence-corrected chi connectivity index (χ2v) is 9.82. The monoisotopic (exact) mass is 418 g/mol. The molecule has 26 heavy (non-hydrogen) atoms. The smallest absolute Gasteiger partial charge is 0.243 e. The Hall–Kier alpha value is -0.820. The molecule has 2 fully saturated rings. The van der Waals surface area contributed by atoms with Crippen molar-refractivity contribution in [3.05, 3.63) is 28.2 Å². The zero-order chi connectivity index (χ0) is 18.7. The van der Waals surface area contributed by atoms with Crippen LogP contribution in [0, 0.1) is 5.92 Å². The Kier molecular flexibility index (Phi) is 6.49. The molecule has 0 N–H and O–H groups in total. The van der Waals surface area contributed by atoms with E-state index in [0.29, 0.717) is 43.5 Å². The number of benzene rings is 1. The lowest BCUT2D eigenvalue weighted by molar-refractivity contribution is -0.133. The Morgan fingerprint density at radius 3 is 2.27 bits per heavy atom.